The number of carbonyl (C=O) groups is 2. The van der Waals surface area contributed by atoms with Gasteiger partial charge in [-0.25, -0.2) is 0 Å². The number of hydrogen-bond acceptors (Lipinski definition) is 6. The zero-order valence-corrected chi connectivity index (χ0v) is 27.9. The molecule has 5 N–H and O–H groups in total. The zero-order chi connectivity index (χ0) is 32.7. The maximum Gasteiger partial charge on any atom is 0.312 e. The number of rotatable bonds is 7. The van der Waals surface area contributed by atoms with Gasteiger partial charge in [0.05, 0.1) is 26.7 Å². The smallest absolute Gasteiger partial charge is 0.312 e. The minimum absolute atomic E-state index is 0.00445. The summed E-state index contributed by atoms with van der Waals surface area (Å²) in [7, 11) is 2.82. The molecule has 9 heteroatoms. The number of aromatic amines is 3. The number of nitrogens with one attached hydrogen (secondary N) is 4. The predicted octanol–water partition coefficient (Wildman–Crippen LogP) is 4.30. The summed E-state index contributed by atoms with van der Waals surface area (Å²) in [5, 5.41) is 16.1. The van der Waals surface area contributed by atoms with E-state index in [1.807, 2.05) is 13.8 Å². The normalized spacial score (nSPS) is 18.1. The number of allylic oxidation sites excluding steroid dienone is 2. The Morgan fingerprint density at radius 2 is 1.56 bits per heavy atom. The lowest BCUT2D eigenvalue weighted by Crippen LogP contribution is -2.21. The maximum absolute atomic E-state index is 13.2. The average Bonchev–Trinajstić information content (AvgIpc) is 3.69. The van der Waals surface area contributed by atoms with Crippen LogP contribution in [0.25, 0.3) is 23.8 Å². The minimum Gasteiger partial charge on any atom is -0.469 e. The van der Waals surface area contributed by atoms with E-state index in [1.54, 1.807) is 0 Å². The van der Waals surface area contributed by atoms with Crippen molar-refractivity contribution in [2.75, 3.05) is 14.2 Å². The summed E-state index contributed by atoms with van der Waals surface area (Å²) >= 11 is 0. The fourth-order valence-corrected chi connectivity index (χ4v) is 7.03. The Hall–Kier alpha value is -4.24. The van der Waals surface area contributed by atoms with Gasteiger partial charge in [-0.05, 0) is 93.5 Å². The van der Waals surface area contributed by atoms with Crippen LogP contribution < -0.4 is 16.0 Å². The Morgan fingerprint density at radius 3 is 2.20 bits per heavy atom. The van der Waals surface area contributed by atoms with E-state index >= 15 is 0 Å². The van der Waals surface area contributed by atoms with Crippen LogP contribution in [-0.4, -0.2) is 46.2 Å². The van der Waals surface area contributed by atoms with Gasteiger partial charge in [0.2, 0.25) is 0 Å². The van der Waals surface area contributed by atoms with Crippen molar-refractivity contribution in [3.8, 4) is 0 Å². The fraction of sp³-hybridized carbons (Fsp3) is 0.444. The molecule has 0 aliphatic carbocycles. The molecule has 0 radical (unpaired) electrons. The molecule has 1 fully saturated rings. The van der Waals surface area contributed by atoms with Crippen LogP contribution in [0.5, 0.6) is 0 Å². The van der Waals surface area contributed by atoms with Crippen LogP contribution in [0.15, 0.2) is 11.4 Å². The van der Waals surface area contributed by atoms with Crippen molar-refractivity contribution in [3.05, 3.63) is 78.2 Å². The van der Waals surface area contributed by atoms with Crippen LogP contribution in [0.3, 0.4) is 0 Å². The lowest BCUT2D eigenvalue weighted by Gasteiger charge is -2.22. The summed E-state index contributed by atoms with van der Waals surface area (Å²) < 4.78 is 10.3. The largest absolute Gasteiger partial charge is 0.469 e. The Bertz CT molecular complexity index is 1850. The summed E-state index contributed by atoms with van der Waals surface area (Å²) in [4.78, 5) is 36.5. The van der Waals surface area contributed by atoms with Gasteiger partial charge in [-0.2, -0.15) is 0 Å². The highest BCUT2D eigenvalue weighted by Crippen LogP contribution is 2.44. The maximum atomic E-state index is 13.2. The van der Waals surface area contributed by atoms with Gasteiger partial charge < -0.3 is 34.8 Å². The minimum atomic E-state index is -0.590. The van der Waals surface area contributed by atoms with Gasteiger partial charge in [-0.1, -0.05) is 13.8 Å². The molecule has 240 valence electrons. The van der Waals surface area contributed by atoms with Crippen molar-refractivity contribution >= 4 is 35.7 Å². The van der Waals surface area contributed by atoms with Crippen molar-refractivity contribution in [3.63, 3.8) is 0 Å². The summed E-state index contributed by atoms with van der Waals surface area (Å²) in [6, 6.07) is 0. The molecule has 9 nitrogen and oxygen atoms in total. The lowest BCUT2D eigenvalue weighted by molar-refractivity contribution is -0.143. The van der Waals surface area contributed by atoms with Crippen molar-refractivity contribution in [1.29, 1.82) is 0 Å². The number of esters is 2. The molecule has 5 heterocycles. The number of methoxy groups -OCH3 is 2. The Labute approximate surface area is 264 Å². The molecular weight excluding hydrogens is 568 g/mol. The molecule has 5 rings (SSSR count). The second-order valence-electron chi connectivity index (χ2n) is 12.4. The van der Waals surface area contributed by atoms with Crippen molar-refractivity contribution in [1.82, 2.24) is 20.3 Å². The molecule has 45 heavy (non-hydrogen) atoms. The molecule has 3 aromatic rings. The molecular formula is C36H46N4O5. The number of aliphatic hydroxyl groups excluding tert-OH is 1. The Balaban J connectivity index is 1.90. The molecule has 0 aromatic carbocycles. The van der Waals surface area contributed by atoms with E-state index in [0.717, 1.165) is 84.7 Å². The number of H-pyrrole nitrogens is 3. The first kappa shape index (κ1) is 32.2. The van der Waals surface area contributed by atoms with Crippen LogP contribution in [0, 0.1) is 45.4 Å². The average molecular weight is 615 g/mol. The topological polar surface area (TPSA) is 132 Å². The van der Waals surface area contributed by atoms with Crippen molar-refractivity contribution < 1.29 is 24.2 Å². The van der Waals surface area contributed by atoms with E-state index in [2.05, 4.69) is 73.1 Å². The zero-order valence-electron chi connectivity index (χ0n) is 27.9. The highest BCUT2D eigenvalue weighted by Gasteiger charge is 2.38. The van der Waals surface area contributed by atoms with E-state index in [9.17, 15) is 14.7 Å². The second kappa shape index (κ2) is 12.6. The van der Waals surface area contributed by atoms with Crippen molar-refractivity contribution in [2.45, 2.75) is 74.3 Å². The lowest BCUT2D eigenvalue weighted by atomic mass is 9.83. The monoisotopic (exact) mass is 614 g/mol. The number of ether oxygens (including phenoxy) is 2. The third-order valence-corrected chi connectivity index (χ3v) is 10.1. The van der Waals surface area contributed by atoms with Crippen LogP contribution in [0.1, 0.15) is 89.8 Å². The quantitative estimate of drug-likeness (QED) is 0.252. The molecule has 0 spiro atoms. The van der Waals surface area contributed by atoms with Gasteiger partial charge >= 0.3 is 11.9 Å². The predicted molar refractivity (Wildman–Crippen MR) is 176 cm³/mol. The van der Waals surface area contributed by atoms with E-state index in [1.165, 1.54) is 19.8 Å². The third-order valence-electron chi connectivity index (χ3n) is 10.1. The summed E-state index contributed by atoms with van der Waals surface area (Å²) in [5.41, 5.74) is 12.6. The van der Waals surface area contributed by atoms with Crippen molar-refractivity contribution in [2.24, 2.45) is 17.8 Å². The molecule has 3 unspecified atom stereocenters. The molecule has 1 saturated heterocycles. The molecule has 2 aliphatic heterocycles. The first-order valence-corrected chi connectivity index (χ1v) is 15.8. The first-order valence-electron chi connectivity index (χ1n) is 15.8. The number of carbonyl (C=O) groups excluding carboxylic acids is 2. The van der Waals surface area contributed by atoms with Gasteiger partial charge in [0, 0.05) is 74.3 Å². The van der Waals surface area contributed by atoms with Gasteiger partial charge in [0.25, 0.3) is 0 Å². The number of fused-ring (bicyclic) bond motifs is 8. The molecule has 0 amide bonds. The van der Waals surface area contributed by atoms with Gasteiger partial charge in [0.1, 0.15) is 0 Å². The van der Waals surface area contributed by atoms with Gasteiger partial charge in [-0.3, -0.25) is 9.59 Å². The van der Waals surface area contributed by atoms with Crippen LogP contribution >= 0.6 is 0 Å². The standard InChI is InChI=1S/C36H46N4O5/c1-10-23-19(4)28-15-31-25(16-41)21(6)27(38-31)13-29-20(5)24(11-12-32(42)44-8)35(40-29)33(22(7)36(43)45-9)34-18(3)17(2)26(39-34)14-30(23)37-28/h13-15,20,22,24,37-41H,10-12,16H2,1-9H3. The number of aliphatic hydroxyl groups is 1. The van der Waals surface area contributed by atoms with E-state index in [0.29, 0.717) is 6.42 Å². The van der Waals surface area contributed by atoms with Crippen LogP contribution in [0.2, 0.25) is 0 Å². The van der Waals surface area contributed by atoms with E-state index in [-0.39, 0.29) is 36.8 Å². The highest BCUT2D eigenvalue weighted by atomic mass is 16.5. The summed E-state index contributed by atoms with van der Waals surface area (Å²) in [6.07, 6.45) is 7.96. The first-order chi connectivity index (χ1) is 21.4. The molecule has 0 saturated carbocycles. The number of aromatic nitrogens is 3. The Kier molecular flexibility index (Phi) is 9.03. The second-order valence-corrected chi connectivity index (χ2v) is 12.4. The third kappa shape index (κ3) is 5.58. The SMILES string of the molecule is CCc1c(C)c2[nH]c1=Cc1[nH]c(c(C)c1C)C(C(C)C(=O)OC)=C1NC(=Cc3[nH]c(c(CO)c3C)C=2)C(C)C1CCC(=O)OC. The molecule has 2 aliphatic rings. The molecule has 3 aromatic heterocycles. The van der Waals surface area contributed by atoms with Gasteiger partial charge in [-0.15, -0.1) is 0 Å². The molecule has 8 bridgehead atoms. The van der Waals surface area contributed by atoms with Crippen LogP contribution in [0.4, 0.5) is 0 Å². The van der Waals surface area contributed by atoms with Crippen LogP contribution in [-0.2, 0) is 32.1 Å². The van der Waals surface area contributed by atoms with E-state index in [4.69, 9.17) is 9.47 Å². The Morgan fingerprint density at radius 1 is 0.867 bits per heavy atom. The highest BCUT2D eigenvalue weighted by molar-refractivity contribution is 5.90. The van der Waals surface area contributed by atoms with E-state index < -0.39 is 5.92 Å². The molecule has 3 atom stereocenters. The fourth-order valence-electron chi connectivity index (χ4n) is 7.03. The summed E-state index contributed by atoms with van der Waals surface area (Å²) in [5.74, 6) is -1.30. The van der Waals surface area contributed by atoms with Gasteiger partial charge in [0.15, 0.2) is 0 Å². The summed E-state index contributed by atoms with van der Waals surface area (Å²) in [6.45, 7) is 14.4. The number of hydrogen-bond donors (Lipinski definition) is 5.